The van der Waals surface area contributed by atoms with E-state index in [4.69, 9.17) is 5.73 Å². The highest BCUT2D eigenvalue weighted by molar-refractivity contribution is 5.95. The number of nitrogen functional groups attached to an aromatic ring is 1. The van der Waals surface area contributed by atoms with Gasteiger partial charge >= 0.3 is 0 Å². The molecule has 3 N–H and O–H groups in total. The molecule has 0 aliphatic carbocycles. The summed E-state index contributed by atoms with van der Waals surface area (Å²) in [4.78, 5) is 19.3. The fourth-order valence-corrected chi connectivity index (χ4v) is 3.78. The highest BCUT2D eigenvalue weighted by Crippen LogP contribution is 2.28. The number of amides is 1. The Morgan fingerprint density at radius 3 is 2.70 bits per heavy atom. The number of rotatable bonds is 3. The monoisotopic (exact) mass is 361 g/mol. The van der Waals surface area contributed by atoms with E-state index in [0.29, 0.717) is 17.3 Å². The van der Waals surface area contributed by atoms with Gasteiger partial charge in [0, 0.05) is 47.7 Å². The first kappa shape index (κ1) is 17.3. The molecular weight excluding hydrogens is 338 g/mol. The minimum atomic E-state index is 0.0842. The van der Waals surface area contributed by atoms with Gasteiger partial charge in [-0.1, -0.05) is 12.1 Å². The first-order valence-electron chi connectivity index (χ1n) is 9.24. The zero-order valence-corrected chi connectivity index (χ0v) is 15.4. The Bertz CT molecular complexity index is 943. The van der Waals surface area contributed by atoms with E-state index in [-0.39, 0.29) is 5.91 Å². The molecule has 1 aromatic carbocycles. The highest BCUT2D eigenvalue weighted by Gasteiger charge is 2.25. The average molecular weight is 361 g/mol. The second kappa shape index (κ2) is 7.23. The first-order chi connectivity index (χ1) is 13.1. The Labute approximate surface area is 158 Å². The summed E-state index contributed by atoms with van der Waals surface area (Å²) in [5.74, 6) is 1.04. The maximum Gasteiger partial charge on any atom is 0.253 e. The molecule has 3 aromatic rings. The summed E-state index contributed by atoms with van der Waals surface area (Å²) in [6.07, 6.45) is 3.69. The van der Waals surface area contributed by atoms with Crippen molar-refractivity contribution in [1.82, 2.24) is 20.1 Å². The molecule has 1 aliphatic rings. The van der Waals surface area contributed by atoms with Gasteiger partial charge in [0.1, 0.15) is 5.82 Å². The molecular formula is C21H23N5O. The van der Waals surface area contributed by atoms with Crippen LogP contribution in [-0.4, -0.2) is 39.1 Å². The number of aromatic amines is 1. The van der Waals surface area contributed by atoms with E-state index in [2.05, 4.69) is 15.2 Å². The molecule has 0 spiro atoms. The number of aryl methyl sites for hydroxylation is 1. The van der Waals surface area contributed by atoms with Crippen LogP contribution in [0.4, 0.5) is 5.82 Å². The molecule has 0 atom stereocenters. The van der Waals surface area contributed by atoms with Crippen LogP contribution in [0.3, 0.4) is 0 Å². The van der Waals surface area contributed by atoms with E-state index in [1.54, 1.807) is 12.3 Å². The van der Waals surface area contributed by atoms with Crippen molar-refractivity contribution in [1.29, 1.82) is 0 Å². The lowest BCUT2D eigenvalue weighted by Gasteiger charge is -2.31. The molecule has 4 rings (SSSR count). The number of aromatic nitrogens is 3. The standard InChI is InChI=1S/C21H23N5O/c1-14-18(5-6-20(22)24-14)16-3-2-4-17(13-16)21(27)26-11-8-15(9-12-26)19-7-10-23-25-19/h2-7,10,13,15H,8-9,11-12H2,1H3,(H2,22,24)(H,23,25). The van der Waals surface area contributed by atoms with Crippen LogP contribution >= 0.6 is 0 Å². The van der Waals surface area contributed by atoms with Gasteiger partial charge in [0.15, 0.2) is 0 Å². The van der Waals surface area contributed by atoms with E-state index < -0.39 is 0 Å². The van der Waals surface area contributed by atoms with Gasteiger partial charge in [0.25, 0.3) is 5.91 Å². The minimum Gasteiger partial charge on any atom is -0.384 e. The van der Waals surface area contributed by atoms with Gasteiger partial charge in [0.2, 0.25) is 0 Å². The lowest BCUT2D eigenvalue weighted by Crippen LogP contribution is -2.38. The number of nitrogens with zero attached hydrogens (tertiary/aromatic N) is 3. The zero-order valence-electron chi connectivity index (χ0n) is 15.4. The van der Waals surface area contributed by atoms with Crippen molar-refractivity contribution in [3.8, 4) is 11.1 Å². The van der Waals surface area contributed by atoms with E-state index in [9.17, 15) is 4.79 Å². The van der Waals surface area contributed by atoms with Crippen LogP contribution in [0, 0.1) is 6.92 Å². The summed E-state index contributed by atoms with van der Waals surface area (Å²) >= 11 is 0. The maximum atomic E-state index is 13.0. The Hall–Kier alpha value is -3.15. The molecule has 0 saturated carbocycles. The third kappa shape index (κ3) is 3.56. The number of hydrogen-bond acceptors (Lipinski definition) is 4. The summed E-state index contributed by atoms with van der Waals surface area (Å²) in [5.41, 5.74) is 10.5. The van der Waals surface area contributed by atoms with Crippen LogP contribution in [0.5, 0.6) is 0 Å². The first-order valence-corrected chi connectivity index (χ1v) is 9.24. The Morgan fingerprint density at radius 1 is 1.19 bits per heavy atom. The second-order valence-electron chi connectivity index (χ2n) is 7.03. The number of nitrogens with one attached hydrogen (secondary N) is 1. The van der Waals surface area contributed by atoms with Gasteiger partial charge in [-0.2, -0.15) is 5.10 Å². The van der Waals surface area contributed by atoms with Crippen LogP contribution in [0.15, 0.2) is 48.7 Å². The molecule has 3 heterocycles. The third-order valence-electron chi connectivity index (χ3n) is 5.27. The number of anilines is 1. The lowest BCUT2D eigenvalue weighted by molar-refractivity contribution is 0.0712. The normalized spacial score (nSPS) is 15.1. The molecule has 138 valence electrons. The summed E-state index contributed by atoms with van der Waals surface area (Å²) in [6.45, 7) is 3.45. The van der Waals surface area contributed by atoms with Crippen LogP contribution in [0.2, 0.25) is 0 Å². The third-order valence-corrected chi connectivity index (χ3v) is 5.27. The predicted molar refractivity (Wildman–Crippen MR) is 105 cm³/mol. The average Bonchev–Trinajstić information content (AvgIpc) is 3.22. The van der Waals surface area contributed by atoms with Gasteiger partial charge in [-0.15, -0.1) is 0 Å². The molecule has 1 fully saturated rings. The topological polar surface area (TPSA) is 87.9 Å². The van der Waals surface area contributed by atoms with Gasteiger partial charge in [-0.05, 0) is 55.7 Å². The van der Waals surface area contributed by atoms with E-state index in [1.165, 1.54) is 0 Å². The van der Waals surface area contributed by atoms with Crippen LogP contribution in [0.1, 0.15) is 40.5 Å². The summed E-state index contributed by atoms with van der Waals surface area (Å²) < 4.78 is 0. The number of pyridine rings is 1. The van der Waals surface area contributed by atoms with Gasteiger partial charge in [0.05, 0.1) is 0 Å². The number of piperidine rings is 1. The van der Waals surface area contributed by atoms with E-state index in [0.717, 1.165) is 48.4 Å². The Kier molecular flexibility index (Phi) is 4.62. The molecule has 6 nitrogen and oxygen atoms in total. The summed E-state index contributed by atoms with van der Waals surface area (Å²) in [5, 5.41) is 7.08. The smallest absolute Gasteiger partial charge is 0.253 e. The predicted octanol–water partition coefficient (Wildman–Crippen LogP) is 3.38. The zero-order chi connectivity index (χ0) is 18.8. The summed E-state index contributed by atoms with van der Waals surface area (Å²) in [6, 6.07) is 13.5. The van der Waals surface area contributed by atoms with Crippen molar-refractivity contribution in [2.75, 3.05) is 18.8 Å². The molecule has 0 unspecified atom stereocenters. The molecule has 0 radical (unpaired) electrons. The largest absolute Gasteiger partial charge is 0.384 e. The van der Waals surface area contributed by atoms with Gasteiger partial charge in [-0.25, -0.2) is 4.98 Å². The van der Waals surface area contributed by atoms with E-state index in [1.807, 2.05) is 48.2 Å². The number of H-pyrrole nitrogens is 1. The number of carbonyl (C=O) groups excluding carboxylic acids is 1. The molecule has 1 saturated heterocycles. The van der Waals surface area contributed by atoms with E-state index >= 15 is 0 Å². The number of nitrogens with two attached hydrogens (primary N) is 1. The quantitative estimate of drug-likeness (QED) is 0.748. The van der Waals surface area contributed by atoms with Crippen molar-refractivity contribution < 1.29 is 4.79 Å². The lowest BCUT2D eigenvalue weighted by atomic mass is 9.93. The molecule has 6 heteroatoms. The second-order valence-corrected chi connectivity index (χ2v) is 7.03. The van der Waals surface area contributed by atoms with Crippen molar-refractivity contribution >= 4 is 11.7 Å². The van der Waals surface area contributed by atoms with Crippen LogP contribution in [0.25, 0.3) is 11.1 Å². The van der Waals surface area contributed by atoms with Crippen molar-refractivity contribution in [3.05, 3.63) is 65.6 Å². The molecule has 27 heavy (non-hydrogen) atoms. The number of benzene rings is 1. The fraction of sp³-hybridized carbons (Fsp3) is 0.286. The summed E-state index contributed by atoms with van der Waals surface area (Å²) in [7, 11) is 0. The Balaban J connectivity index is 1.50. The minimum absolute atomic E-state index is 0.0842. The fourth-order valence-electron chi connectivity index (χ4n) is 3.78. The van der Waals surface area contributed by atoms with Gasteiger partial charge in [-0.3, -0.25) is 9.89 Å². The highest BCUT2D eigenvalue weighted by atomic mass is 16.2. The van der Waals surface area contributed by atoms with Crippen molar-refractivity contribution in [3.63, 3.8) is 0 Å². The van der Waals surface area contributed by atoms with Crippen LogP contribution < -0.4 is 5.73 Å². The maximum absolute atomic E-state index is 13.0. The van der Waals surface area contributed by atoms with Crippen LogP contribution in [-0.2, 0) is 0 Å². The number of carbonyl (C=O) groups is 1. The number of hydrogen-bond donors (Lipinski definition) is 2. The molecule has 1 aliphatic heterocycles. The van der Waals surface area contributed by atoms with Crippen molar-refractivity contribution in [2.24, 2.45) is 0 Å². The molecule has 2 aromatic heterocycles. The Morgan fingerprint density at radius 2 is 2.00 bits per heavy atom. The van der Waals surface area contributed by atoms with Gasteiger partial charge < -0.3 is 10.6 Å². The molecule has 0 bridgehead atoms. The van der Waals surface area contributed by atoms with Crippen molar-refractivity contribution in [2.45, 2.75) is 25.7 Å². The SMILES string of the molecule is Cc1nc(N)ccc1-c1cccc(C(=O)N2CCC(c3ccn[nH]3)CC2)c1. The number of likely N-dealkylation sites (tertiary alicyclic amines) is 1. The molecule has 1 amide bonds.